The Morgan fingerprint density at radius 1 is 0.657 bits per heavy atom. The van der Waals surface area contributed by atoms with Gasteiger partial charge in [-0.05, 0) is 83.7 Å². The van der Waals surface area contributed by atoms with Crippen molar-refractivity contribution in [2.24, 2.45) is 0 Å². The molecule has 1 aliphatic heterocycles. The Kier molecular flexibility index (Phi) is 32.6. The number of hydrogen-bond donors (Lipinski definition) is 4. The van der Waals surface area contributed by atoms with Crippen LogP contribution in [0.25, 0.3) is 0 Å². The monoisotopic (exact) mass is 1000 g/mol. The van der Waals surface area contributed by atoms with Crippen LogP contribution in [0, 0.1) is 0 Å². The fraction of sp³-hybridized carbons (Fsp3) is 0.808. The molecule has 2 rings (SSSR count). The number of amides is 3. The van der Waals surface area contributed by atoms with Crippen molar-refractivity contribution in [2.45, 2.75) is 213 Å². The molecule has 0 spiro atoms. The minimum Gasteiger partial charge on any atom is -0.464 e. The van der Waals surface area contributed by atoms with E-state index in [2.05, 4.69) is 28.2 Å². The number of unbranched alkanes of at least 4 members (excludes halogenated alkanes) is 7. The van der Waals surface area contributed by atoms with Gasteiger partial charge in [-0.1, -0.05) is 110 Å². The number of benzene rings is 1. The first-order chi connectivity index (χ1) is 33.7. The standard InChI is InChI=1S/C52H90F2N4O12/c1-9-15-30-63-37-43-44(64-31-16-10-2)45(65-32-17-11-3)46(66-33-18-12-4)52(70-43,69-35-20-14-6)51(53,54)38-55-29-25-24-28-42(48(60)56-40(8)49(61)67-34-19-13-5)58-47(59)39(7)57-50(62)68-36-41-26-22-21-23-27-41/h21-23,26-27,39-40,42-46,55H,9-20,24-25,28-38H2,1-8H3,(H,56,60)(H,57,62)(H,58,59)/t39-,40-,42-,43+,44-,45-,46+,52+/m0/s1. The predicted octanol–water partition coefficient (Wildman–Crippen LogP) is 8.31. The zero-order chi connectivity index (χ0) is 51.6. The molecule has 0 unspecified atom stereocenters. The van der Waals surface area contributed by atoms with E-state index in [9.17, 15) is 19.2 Å². The molecule has 1 aliphatic rings. The third kappa shape index (κ3) is 22.5. The van der Waals surface area contributed by atoms with Crippen LogP contribution in [0.15, 0.2) is 30.3 Å². The van der Waals surface area contributed by atoms with Crippen LogP contribution in [0.4, 0.5) is 13.6 Å². The van der Waals surface area contributed by atoms with Crippen molar-refractivity contribution in [1.29, 1.82) is 0 Å². The van der Waals surface area contributed by atoms with Crippen LogP contribution in [0.2, 0.25) is 0 Å². The smallest absolute Gasteiger partial charge is 0.408 e. The molecule has 16 nitrogen and oxygen atoms in total. The highest BCUT2D eigenvalue weighted by atomic mass is 19.3. The van der Waals surface area contributed by atoms with Gasteiger partial charge in [0.1, 0.15) is 49.1 Å². The number of halogens is 2. The average molecular weight is 1000 g/mol. The summed E-state index contributed by atoms with van der Waals surface area (Å²) < 4.78 is 84.0. The van der Waals surface area contributed by atoms with Gasteiger partial charge in [0.15, 0.2) is 0 Å². The number of carbonyl (C=O) groups is 4. The Hall–Kier alpha value is -3.52. The third-order valence-electron chi connectivity index (χ3n) is 11.8. The SMILES string of the molecule is CCCCOC[C@H]1O[C@@](OCCCC)(C(F)(F)CNCCCC[C@H](NC(=O)[C@H](C)NC(=O)OCc2ccccc2)C(=O)N[C@@H](C)C(=O)OCCCC)[C@H](OCCCC)[C@@H](OCCCC)[C@H]1OCCCC. The van der Waals surface area contributed by atoms with Gasteiger partial charge in [0.05, 0.1) is 26.4 Å². The van der Waals surface area contributed by atoms with Crippen LogP contribution in [-0.2, 0) is 58.9 Å². The Bertz CT molecular complexity index is 1570. The molecule has 404 valence electrons. The maximum absolute atomic E-state index is 17.5. The third-order valence-corrected chi connectivity index (χ3v) is 11.8. The first kappa shape index (κ1) is 62.6. The summed E-state index contributed by atoms with van der Waals surface area (Å²) >= 11 is 0. The molecular weight excluding hydrogens is 911 g/mol. The van der Waals surface area contributed by atoms with Crippen molar-refractivity contribution < 1.29 is 65.9 Å². The number of rotatable bonds is 40. The molecule has 0 bridgehead atoms. The molecule has 3 amide bonds. The van der Waals surface area contributed by atoms with Crippen LogP contribution in [-0.4, -0.2) is 137 Å². The van der Waals surface area contributed by atoms with E-state index < -0.39 is 84.7 Å². The van der Waals surface area contributed by atoms with Gasteiger partial charge < -0.3 is 59.2 Å². The summed E-state index contributed by atoms with van der Waals surface area (Å²) in [5, 5.41) is 10.7. The second-order valence-electron chi connectivity index (χ2n) is 18.1. The van der Waals surface area contributed by atoms with Crippen molar-refractivity contribution >= 4 is 23.9 Å². The Morgan fingerprint density at radius 2 is 1.24 bits per heavy atom. The van der Waals surface area contributed by atoms with Crippen molar-refractivity contribution in [1.82, 2.24) is 21.3 Å². The minimum absolute atomic E-state index is 0.00814. The molecule has 1 aromatic carbocycles. The highest BCUT2D eigenvalue weighted by molar-refractivity contribution is 5.92. The van der Waals surface area contributed by atoms with E-state index in [1.54, 1.807) is 12.1 Å². The number of carbonyl (C=O) groups excluding carboxylic acids is 4. The lowest BCUT2D eigenvalue weighted by atomic mass is 9.87. The average Bonchev–Trinajstić information content (AvgIpc) is 3.34. The van der Waals surface area contributed by atoms with Crippen molar-refractivity contribution in [3.63, 3.8) is 0 Å². The predicted molar refractivity (Wildman–Crippen MR) is 264 cm³/mol. The van der Waals surface area contributed by atoms with Crippen LogP contribution < -0.4 is 21.3 Å². The number of nitrogens with one attached hydrogen (secondary N) is 4. The zero-order valence-corrected chi connectivity index (χ0v) is 43.8. The summed E-state index contributed by atoms with van der Waals surface area (Å²) in [6.45, 7) is 15.7. The molecule has 0 aliphatic carbocycles. The quantitative estimate of drug-likeness (QED) is 0.0363. The minimum atomic E-state index is -3.68. The highest BCUT2D eigenvalue weighted by Crippen LogP contribution is 2.46. The fourth-order valence-corrected chi connectivity index (χ4v) is 7.44. The summed E-state index contributed by atoms with van der Waals surface area (Å²) in [5.74, 6) is -8.21. The lowest BCUT2D eigenvalue weighted by Crippen LogP contribution is -2.75. The van der Waals surface area contributed by atoms with E-state index >= 15 is 8.78 Å². The van der Waals surface area contributed by atoms with Gasteiger partial charge in [-0.15, -0.1) is 0 Å². The molecule has 0 radical (unpaired) electrons. The number of esters is 1. The second kappa shape index (κ2) is 36.4. The molecule has 18 heteroatoms. The van der Waals surface area contributed by atoms with E-state index in [4.69, 9.17) is 37.9 Å². The summed E-state index contributed by atoms with van der Waals surface area (Å²) in [7, 11) is 0. The Morgan fingerprint density at radius 3 is 1.89 bits per heavy atom. The van der Waals surface area contributed by atoms with Gasteiger partial charge in [-0.25, -0.2) is 9.59 Å². The molecule has 8 atom stereocenters. The largest absolute Gasteiger partial charge is 0.464 e. The van der Waals surface area contributed by atoms with Crippen molar-refractivity contribution in [3.8, 4) is 0 Å². The lowest BCUT2D eigenvalue weighted by Gasteiger charge is -2.54. The molecule has 1 heterocycles. The maximum Gasteiger partial charge on any atom is 0.408 e. The van der Waals surface area contributed by atoms with Crippen LogP contribution in [0.3, 0.4) is 0 Å². The van der Waals surface area contributed by atoms with E-state index in [1.807, 2.05) is 52.8 Å². The van der Waals surface area contributed by atoms with E-state index in [0.29, 0.717) is 64.8 Å². The lowest BCUT2D eigenvalue weighted by molar-refractivity contribution is -0.432. The van der Waals surface area contributed by atoms with Crippen LogP contribution in [0.5, 0.6) is 0 Å². The summed E-state index contributed by atoms with van der Waals surface area (Å²) in [4.78, 5) is 52.2. The molecule has 0 saturated carbocycles. The van der Waals surface area contributed by atoms with E-state index in [1.165, 1.54) is 13.8 Å². The molecule has 1 fully saturated rings. The van der Waals surface area contributed by atoms with Gasteiger partial charge in [0.25, 0.3) is 5.79 Å². The van der Waals surface area contributed by atoms with Gasteiger partial charge >= 0.3 is 18.0 Å². The number of alkyl carbamates (subject to hydrolysis) is 1. The van der Waals surface area contributed by atoms with E-state index in [0.717, 1.165) is 50.5 Å². The molecular formula is C52H90F2N4O12. The zero-order valence-electron chi connectivity index (χ0n) is 43.8. The van der Waals surface area contributed by atoms with Gasteiger partial charge in [0, 0.05) is 26.4 Å². The highest BCUT2D eigenvalue weighted by Gasteiger charge is 2.69. The normalized spacial score (nSPS) is 20.5. The molecule has 0 aromatic heterocycles. The van der Waals surface area contributed by atoms with Gasteiger partial charge in [0.2, 0.25) is 11.8 Å². The van der Waals surface area contributed by atoms with Crippen molar-refractivity contribution in [3.05, 3.63) is 35.9 Å². The molecule has 1 aromatic rings. The molecule has 4 N–H and O–H groups in total. The summed E-state index contributed by atoms with van der Waals surface area (Å²) in [5.41, 5.74) is 0.758. The number of hydrogen-bond acceptors (Lipinski definition) is 13. The first-order valence-electron chi connectivity index (χ1n) is 26.3. The fourth-order valence-electron chi connectivity index (χ4n) is 7.44. The molecule has 70 heavy (non-hydrogen) atoms. The number of ether oxygens (including phenoxy) is 8. The second-order valence-corrected chi connectivity index (χ2v) is 18.1. The topological polar surface area (TPSA) is 190 Å². The van der Waals surface area contributed by atoms with E-state index in [-0.39, 0.29) is 46.0 Å². The Labute approximate surface area is 417 Å². The summed E-state index contributed by atoms with van der Waals surface area (Å²) in [6, 6.07) is 5.77. The van der Waals surface area contributed by atoms with Gasteiger partial charge in [-0.2, -0.15) is 8.78 Å². The number of alkyl halides is 2. The van der Waals surface area contributed by atoms with Crippen molar-refractivity contribution in [2.75, 3.05) is 59.3 Å². The van der Waals surface area contributed by atoms with Crippen LogP contribution in [0.1, 0.15) is 157 Å². The summed E-state index contributed by atoms with van der Waals surface area (Å²) in [6.07, 6.45) is 4.74. The van der Waals surface area contributed by atoms with Gasteiger partial charge in [-0.3, -0.25) is 9.59 Å². The van der Waals surface area contributed by atoms with Crippen LogP contribution >= 0.6 is 0 Å². The first-order valence-corrected chi connectivity index (χ1v) is 26.3. The Balaban J connectivity index is 2.34. The molecule has 1 saturated heterocycles. The maximum atomic E-state index is 17.5.